The van der Waals surface area contributed by atoms with E-state index in [9.17, 15) is 17.3 Å². The molecule has 0 heterocycles. The summed E-state index contributed by atoms with van der Waals surface area (Å²) in [7, 11) is -4.33. The van der Waals surface area contributed by atoms with Crippen molar-refractivity contribution in [2.24, 2.45) is 0 Å². The molecule has 1 aromatic rings. The van der Waals surface area contributed by atoms with Crippen LogP contribution in [0, 0.1) is 12.3 Å². The maximum absolute atomic E-state index is 9.75. The fourth-order valence-electron chi connectivity index (χ4n) is 0.674. The average Bonchev–Trinajstić information content (AvgIpc) is 2.20. The van der Waals surface area contributed by atoms with E-state index < -0.39 is 7.25 Å². The van der Waals surface area contributed by atoms with Crippen LogP contribution in [0.3, 0.4) is 0 Å². The van der Waals surface area contributed by atoms with Gasteiger partial charge in [-0.15, -0.1) is 0 Å². The molecule has 1 N–H and O–H groups in total. The van der Waals surface area contributed by atoms with Crippen LogP contribution in [0.1, 0.15) is 5.56 Å². The van der Waals surface area contributed by atoms with Crippen LogP contribution in [0.5, 0.6) is 5.75 Å². The van der Waals surface area contributed by atoms with Crippen LogP contribution in [0.2, 0.25) is 0 Å². The van der Waals surface area contributed by atoms with E-state index in [0.717, 1.165) is 5.75 Å². The van der Waals surface area contributed by atoms with E-state index in [-0.39, 0.29) is 0 Å². The van der Waals surface area contributed by atoms with Crippen LogP contribution in [-0.4, -0.2) is 14.4 Å². The third-order valence-corrected chi connectivity index (χ3v) is 1.26. The number of halogens is 4. The SMILES string of the molecule is COc1ccc(C)cc1.F[B-](F)(F)F.N#[NH+]. The molecule has 90 valence electrons. The van der Waals surface area contributed by atoms with E-state index in [2.05, 4.69) is 6.92 Å². The molecular weight excluding hydrogens is 227 g/mol. The summed E-state index contributed by atoms with van der Waals surface area (Å²) < 4.78 is 44.0. The summed E-state index contributed by atoms with van der Waals surface area (Å²) in [5, 5.41) is 11.0. The number of ether oxygens (including phenoxy) is 1. The minimum absolute atomic E-state index is 0.917. The lowest BCUT2D eigenvalue weighted by atomic mass is 10.2. The minimum Gasteiger partial charge on any atom is -0.497 e. The summed E-state index contributed by atoms with van der Waals surface area (Å²) in [4.78, 5) is 0. The van der Waals surface area contributed by atoms with Gasteiger partial charge in [0, 0.05) is 0 Å². The highest BCUT2D eigenvalue weighted by atomic mass is 19.5. The molecule has 0 fully saturated rings. The van der Waals surface area contributed by atoms with Crippen LogP contribution in [0.4, 0.5) is 17.3 Å². The fourth-order valence-corrected chi connectivity index (χ4v) is 0.674. The number of hydrogen-bond donors (Lipinski definition) is 1. The van der Waals surface area contributed by atoms with Crippen molar-refractivity contribution in [3.63, 3.8) is 0 Å². The van der Waals surface area contributed by atoms with Crippen molar-refractivity contribution < 1.29 is 27.4 Å². The van der Waals surface area contributed by atoms with Gasteiger partial charge in [0.25, 0.3) is 0 Å². The lowest BCUT2D eigenvalue weighted by Crippen LogP contribution is -2.11. The van der Waals surface area contributed by atoms with Crippen molar-refractivity contribution in [1.82, 2.24) is 0 Å². The van der Waals surface area contributed by atoms with Crippen molar-refractivity contribution in [2.75, 3.05) is 7.11 Å². The molecule has 16 heavy (non-hydrogen) atoms. The van der Waals surface area contributed by atoms with Crippen molar-refractivity contribution in [1.29, 1.82) is 5.39 Å². The molecule has 0 unspecified atom stereocenters. The largest absolute Gasteiger partial charge is 0.673 e. The van der Waals surface area contributed by atoms with Gasteiger partial charge in [0.1, 0.15) is 5.75 Å². The van der Waals surface area contributed by atoms with Gasteiger partial charge < -0.3 is 22.0 Å². The normalized spacial score (nSPS) is 9.00. The third-order valence-electron chi connectivity index (χ3n) is 1.26. The number of nitrogens with zero attached hydrogens (tertiary/aromatic N) is 1. The molecule has 0 saturated carbocycles. The first kappa shape index (κ1) is 16.6. The molecule has 0 atom stereocenters. The molecule has 1 rings (SSSR count). The number of aryl methyl sites for hydroxylation is 1. The predicted octanol–water partition coefficient (Wildman–Crippen LogP) is 1.58. The summed E-state index contributed by atoms with van der Waals surface area (Å²) in [5.41, 5.74) is 1.26. The van der Waals surface area contributed by atoms with Crippen LogP contribution < -0.4 is 10.1 Å². The molecule has 0 bridgehead atoms. The minimum atomic E-state index is -6.00. The number of rotatable bonds is 1. The van der Waals surface area contributed by atoms with Gasteiger partial charge in [0.15, 0.2) is 0 Å². The number of nitrogens with one attached hydrogen (secondary N) is 1. The average molecular weight is 238 g/mol. The molecule has 0 aliphatic heterocycles. The molecular formula is C8H11BF4N2O. The lowest BCUT2D eigenvalue weighted by molar-refractivity contribution is -0.175. The highest BCUT2D eigenvalue weighted by molar-refractivity contribution is 6.50. The molecule has 0 aliphatic carbocycles. The van der Waals surface area contributed by atoms with E-state index in [4.69, 9.17) is 15.5 Å². The van der Waals surface area contributed by atoms with Gasteiger partial charge in [-0.05, 0) is 19.1 Å². The second-order valence-electron chi connectivity index (χ2n) is 2.51. The Hall–Kier alpha value is -1.78. The Morgan fingerprint density at radius 2 is 1.38 bits per heavy atom. The molecule has 0 amide bonds. The van der Waals surface area contributed by atoms with E-state index in [1.165, 1.54) is 5.56 Å². The van der Waals surface area contributed by atoms with Crippen molar-refractivity contribution >= 4 is 7.25 Å². The van der Waals surface area contributed by atoms with Gasteiger partial charge in [-0.2, -0.15) is 0 Å². The van der Waals surface area contributed by atoms with Crippen LogP contribution in [-0.2, 0) is 0 Å². The van der Waals surface area contributed by atoms with Gasteiger partial charge in [-0.25, -0.2) is 0 Å². The van der Waals surface area contributed by atoms with Crippen molar-refractivity contribution in [3.05, 3.63) is 29.8 Å². The Morgan fingerprint density at radius 1 is 1.06 bits per heavy atom. The van der Waals surface area contributed by atoms with E-state index >= 15 is 0 Å². The quantitative estimate of drug-likeness (QED) is 0.458. The maximum Gasteiger partial charge on any atom is 0.673 e. The maximum atomic E-state index is 9.75. The topological polar surface area (TPSA) is 56.8 Å². The standard InChI is InChI=1S/C8H10O.BF4.N2/c1-7-3-5-8(9-2)6-4-7;2-1(3,4)5;1-2/h3-6H,1-2H3;;/q;-1;/p+1. The number of methoxy groups -OCH3 is 1. The molecule has 0 saturated heterocycles. The van der Waals surface area contributed by atoms with Crippen LogP contribution in [0.15, 0.2) is 24.3 Å². The summed E-state index contributed by atoms with van der Waals surface area (Å²) in [6, 6.07) is 7.96. The fraction of sp³-hybridized carbons (Fsp3) is 0.250. The second-order valence-corrected chi connectivity index (χ2v) is 2.51. The Kier molecular flexibility index (Phi) is 8.87. The van der Waals surface area contributed by atoms with Crippen molar-refractivity contribution in [2.45, 2.75) is 6.92 Å². The molecule has 1 aromatic carbocycles. The zero-order valence-electron chi connectivity index (χ0n) is 8.75. The number of diazo groups is 1. The summed E-state index contributed by atoms with van der Waals surface area (Å²) >= 11 is 0. The molecule has 0 aliphatic rings. The Morgan fingerprint density at radius 3 is 1.62 bits per heavy atom. The smallest absolute Gasteiger partial charge is 0.497 e. The van der Waals surface area contributed by atoms with Crippen LogP contribution >= 0.6 is 0 Å². The van der Waals surface area contributed by atoms with Gasteiger partial charge >= 0.3 is 7.25 Å². The van der Waals surface area contributed by atoms with E-state index in [0.29, 0.717) is 0 Å². The summed E-state index contributed by atoms with van der Waals surface area (Å²) in [5.74, 6) is 0.917. The first-order chi connectivity index (χ1) is 7.33. The first-order valence-electron chi connectivity index (χ1n) is 4.03. The highest BCUT2D eigenvalue weighted by Gasteiger charge is 2.20. The highest BCUT2D eigenvalue weighted by Crippen LogP contribution is 2.09. The summed E-state index contributed by atoms with van der Waals surface area (Å²) in [6.45, 7) is 2.06. The second kappa shape index (κ2) is 8.53. The van der Waals surface area contributed by atoms with E-state index in [1.54, 1.807) is 7.11 Å². The van der Waals surface area contributed by atoms with Gasteiger partial charge in [0.2, 0.25) is 5.39 Å². The Labute approximate surface area is 90.6 Å². The first-order valence-corrected chi connectivity index (χ1v) is 4.03. The Balaban J connectivity index is 0. The number of benzene rings is 1. The number of hydrogen-bond acceptors (Lipinski definition) is 2. The zero-order chi connectivity index (χ0) is 13.2. The lowest BCUT2D eigenvalue weighted by Gasteiger charge is -1.97. The predicted molar refractivity (Wildman–Crippen MR) is 50.6 cm³/mol. The molecule has 0 radical (unpaired) electrons. The van der Waals surface area contributed by atoms with E-state index in [1.807, 2.05) is 24.3 Å². The summed E-state index contributed by atoms with van der Waals surface area (Å²) in [6.07, 6.45) is 0. The Bertz CT molecular complexity index is 293. The zero-order valence-corrected chi connectivity index (χ0v) is 8.75. The molecule has 0 aromatic heterocycles. The van der Waals surface area contributed by atoms with Gasteiger partial charge in [-0.3, -0.25) is 0 Å². The molecule has 8 heteroatoms. The molecule has 3 nitrogen and oxygen atoms in total. The van der Waals surface area contributed by atoms with Crippen molar-refractivity contribution in [3.8, 4) is 5.75 Å². The monoisotopic (exact) mass is 238 g/mol. The molecule has 0 spiro atoms. The van der Waals surface area contributed by atoms with Crippen LogP contribution in [0.25, 0.3) is 0 Å². The third kappa shape index (κ3) is 14.7. The van der Waals surface area contributed by atoms with Gasteiger partial charge in [0.05, 0.1) is 12.5 Å². The van der Waals surface area contributed by atoms with Gasteiger partial charge in [-0.1, -0.05) is 17.7 Å².